The summed E-state index contributed by atoms with van der Waals surface area (Å²) in [6.45, 7) is 4.03. The maximum Gasteiger partial charge on any atom is 0.231 e. The van der Waals surface area contributed by atoms with E-state index in [2.05, 4.69) is 31.4 Å². The van der Waals surface area contributed by atoms with Crippen LogP contribution in [0.25, 0.3) is 11.4 Å². The normalized spacial score (nSPS) is 14.4. The van der Waals surface area contributed by atoms with Gasteiger partial charge in [-0.15, -0.1) is 0 Å². The van der Waals surface area contributed by atoms with Crippen LogP contribution in [0.1, 0.15) is 25.7 Å². The van der Waals surface area contributed by atoms with Crippen molar-refractivity contribution >= 4 is 15.9 Å². The summed E-state index contributed by atoms with van der Waals surface area (Å²) in [5.74, 6) is 0.671. The van der Waals surface area contributed by atoms with E-state index in [1.54, 1.807) is 6.07 Å². The first-order valence-corrected chi connectivity index (χ1v) is 6.78. The fraction of sp³-hybridized carbons (Fsp3) is 0.385. The lowest BCUT2D eigenvalue weighted by molar-refractivity contribution is 0.336. The fourth-order valence-corrected chi connectivity index (χ4v) is 2.09. The quantitative estimate of drug-likeness (QED) is 0.935. The van der Waals surface area contributed by atoms with E-state index in [1.165, 1.54) is 12.1 Å². The van der Waals surface area contributed by atoms with Crippen molar-refractivity contribution in [1.82, 2.24) is 15.5 Å². The molecule has 0 saturated heterocycles. The summed E-state index contributed by atoms with van der Waals surface area (Å²) in [5.41, 5.74) is 0.583. The van der Waals surface area contributed by atoms with Crippen LogP contribution in [-0.4, -0.2) is 23.2 Å². The Labute approximate surface area is 119 Å². The molecule has 2 aromatic rings. The molecule has 0 aliphatic rings. The number of halogens is 2. The molecule has 4 nitrogen and oxygen atoms in total. The largest absolute Gasteiger partial charge is 0.339 e. The molecule has 2 unspecified atom stereocenters. The second kappa shape index (κ2) is 5.79. The Morgan fingerprint density at radius 1 is 1.37 bits per heavy atom. The molecule has 19 heavy (non-hydrogen) atoms. The monoisotopic (exact) mass is 327 g/mol. The number of likely N-dealkylation sites (N-methyl/N-ethyl adjacent to an activating group) is 1. The zero-order valence-corrected chi connectivity index (χ0v) is 12.5. The van der Waals surface area contributed by atoms with Gasteiger partial charge in [0.05, 0.1) is 5.92 Å². The standard InChI is InChI=1S/C13H15BrFN3O/c1-7(8(2)16-3)13-17-12(18-19-13)10-6-9(15)4-5-11(10)14/h4-8,16H,1-3H3. The van der Waals surface area contributed by atoms with Crippen molar-refractivity contribution in [3.8, 4) is 11.4 Å². The Hall–Kier alpha value is -1.27. The minimum Gasteiger partial charge on any atom is -0.339 e. The van der Waals surface area contributed by atoms with Crippen LogP contribution >= 0.6 is 15.9 Å². The van der Waals surface area contributed by atoms with Crippen LogP contribution in [-0.2, 0) is 0 Å². The van der Waals surface area contributed by atoms with Crippen LogP contribution < -0.4 is 5.32 Å². The summed E-state index contributed by atoms with van der Waals surface area (Å²) in [5, 5.41) is 7.05. The van der Waals surface area contributed by atoms with Crippen molar-refractivity contribution in [2.75, 3.05) is 7.05 Å². The molecular formula is C13H15BrFN3O. The van der Waals surface area contributed by atoms with Gasteiger partial charge in [0.25, 0.3) is 0 Å². The molecule has 0 fully saturated rings. The number of rotatable bonds is 4. The second-order valence-electron chi connectivity index (χ2n) is 4.45. The highest BCUT2D eigenvalue weighted by Gasteiger charge is 2.20. The first-order chi connectivity index (χ1) is 9.02. The van der Waals surface area contributed by atoms with E-state index in [9.17, 15) is 4.39 Å². The molecule has 0 radical (unpaired) electrons. The van der Waals surface area contributed by atoms with Crippen LogP contribution in [0, 0.1) is 5.82 Å². The molecule has 0 aliphatic heterocycles. The molecule has 1 aromatic heterocycles. The van der Waals surface area contributed by atoms with Gasteiger partial charge >= 0.3 is 0 Å². The molecule has 2 atom stereocenters. The van der Waals surface area contributed by atoms with E-state index in [0.29, 0.717) is 17.3 Å². The van der Waals surface area contributed by atoms with Crippen LogP contribution in [0.5, 0.6) is 0 Å². The Morgan fingerprint density at radius 2 is 2.11 bits per heavy atom. The molecule has 0 spiro atoms. The summed E-state index contributed by atoms with van der Waals surface area (Å²) in [7, 11) is 1.88. The second-order valence-corrected chi connectivity index (χ2v) is 5.30. The topological polar surface area (TPSA) is 51.0 Å². The maximum atomic E-state index is 13.3. The Bertz CT molecular complexity index is 573. The zero-order valence-electron chi connectivity index (χ0n) is 10.9. The number of nitrogens with zero attached hydrogens (tertiary/aromatic N) is 2. The summed E-state index contributed by atoms with van der Waals surface area (Å²) in [6.07, 6.45) is 0. The van der Waals surface area contributed by atoms with E-state index in [0.717, 1.165) is 4.47 Å². The van der Waals surface area contributed by atoms with E-state index in [4.69, 9.17) is 4.52 Å². The smallest absolute Gasteiger partial charge is 0.231 e. The Balaban J connectivity index is 2.33. The first-order valence-electron chi connectivity index (χ1n) is 5.99. The molecule has 0 bridgehead atoms. The van der Waals surface area contributed by atoms with E-state index in [-0.39, 0.29) is 17.8 Å². The highest BCUT2D eigenvalue weighted by atomic mass is 79.9. The van der Waals surface area contributed by atoms with Crippen molar-refractivity contribution in [1.29, 1.82) is 0 Å². The highest BCUT2D eigenvalue weighted by molar-refractivity contribution is 9.10. The van der Waals surface area contributed by atoms with Gasteiger partial charge in [-0.25, -0.2) is 4.39 Å². The minimum absolute atomic E-state index is 0.0820. The van der Waals surface area contributed by atoms with Gasteiger partial charge in [0.1, 0.15) is 5.82 Å². The molecule has 1 N–H and O–H groups in total. The molecule has 102 valence electrons. The fourth-order valence-electron chi connectivity index (χ4n) is 1.66. The van der Waals surface area contributed by atoms with Crippen molar-refractivity contribution in [2.45, 2.75) is 25.8 Å². The molecule has 0 aliphatic carbocycles. The average Bonchev–Trinajstić information content (AvgIpc) is 2.89. The Kier molecular flexibility index (Phi) is 4.31. The summed E-state index contributed by atoms with van der Waals surface area (Å²) >= 11 is 3.36. The molecule has 1 aromatic carbocycles. The van der Waals surface area contributed by atoms with E-state index < -0.39 is 0 Å². The van der Waals surface area contributed by atoms with E-state index in [1.807, 2.05) is 20.9 Å². The molecule has 0 amide bonds. The summed E-state index contributed by atoms with van der Waals surface area (Å²) in [6, 6.07) is 4.59. The van der Waals surface area contributed by atoms with Gasteiger partial charge in [0, 0.05) is 16.1 Å². The molecule has 2 rings (SSSR count). The highest BCUT2D eigenvalue weighted by Crippen LogP contribution is 2.28. The van der Waals surface area contributed by atoms with Gasteiger partial charge < -0.3 is 9.84 Å². The lowest BCUT2D eigenvalue weighted by Gasteiger charge is -2.14. The van der Waals surface area contributed by atoms with Crippen molar-refractivity contribution in [2.24, 2.45) is 0 Å². The van der Waals surface area contributed by atoms with Crippen LogP contribution in [0.3, 0.4) is 0 Å². The molecular weight excluding hydrogens is 313 g/mol. The van der Waals surface area contributed by atoms with Gasteiger partial charge in [0.15, 0.2) is 0 Å². The van der Waals surface area contributed by atoms with Gasteiger partial charge in [-0.2, -0.15) is 4.98 Å². The number of hydrogen-bond donors (Lipinski definition) is 1. The van der Waals surface area contributed by atoms with Crippen LogP contribution in [0.2, 0.25) is 0 Å². The van der Waals surface area contributed by atoms with Crippen LogP contribution in [0.15, 0.2) is 27.2 Å². The lowest BCUT2D eigenvalue weighted by Crippen LogP contribution is -2.27. The average molecular weight is 328 g/mol. The van der Waals surface area contributed by atoms with Gasteiger partial charge in [-0.3, -0.25) is 0 Å². The predicted molar refractivity (Wildman–Crippen MR) is 74.3 cm³/mol. The van der Waals surface area contributed by atoms with Crippen molar-refractivity contribution in [3.63, 3.8) is 0 Å². The maximum absolute atomic E-state index is 13.3. The molecule has 0 saturated carbocycles. The summed E-state index contributed by atoms with van der Waals surface area (Å²) in [4.78, 5) is 4.34. The van der Waals surface area contributed by atoms with Crippen molar-refractivity contribution in [3.05, 3.63) is 34.4 Å². The Morgan fingerprint density at radius 3 is 2.79 bits per heavy atom. The lowest BCUT2D eigenvalue weighted by atomic mass is 10.0. The third-order valence-electron chi connectivity index (χ3n) is 3.21. The SMILES string of the molecule is CNC(C)C(C)c1nc(-c2cc(F)ccc2Br)no1. The number of benzene rings is 1. The van der Waals surface area contributed by atoms with Gasteiger partial charge in [-0.1, -0.05) is 28.0 Å². The third-order valence-corrected chi connectivity index (χ3v) is 3.90. The van der Waals surface area contributed by atoms with Crippen molar-refractivity contribution < 1.29 is 8.91 Å². The van der Waals surface area contributed by atoms with Gasteiger partial charge in [-0.05, 0) is 32.2 Å². The van der Waals surface area contributed by atoms with Crippen LogP contribution in [0.4, 0.5) is 4.39 Å². The van der Waals surface area contributed by atoms with E-state index >= 15 is 0 Å². The number of hydrogen-bond acceptors (Lipinski definition) is 4. The zero-order chi connectivity index (χ0) is 14.0. The minimum atomic E-state index is -0.332. The first kappa shape index (κ1) is 14.1. The number of aromatic nitrogens is 2. The predicted octanol–water partition coefficient (Wildman–Crippen LogP) is 3.35. The molecule has 1 heterocycles. The number of nitrogens with one attached hydrogen (secondary N) is 1. The summed E-state index contributed by atoms with van der Waals surface area (Å²) < 4.78 is 19.3. The molecule has 6 heteroatoms. The van der Waals surface area contributed by atoms with Gasteiger partial charge in [0.2, 0.25) is 11.7 Å². The third kappa shape index (κ3) is 3.01.